The van der Waals surface area contributed by atoms with Crippen LogP contribution in [0.4, 0.5) is 0 Å². The van der Waals surface area contributed by atoms with Crippen LogP contribution in [0.25, 0.3) is 11.0 Å². The molecule has 118 valence electrons. The van der Waals surface area contributed by atoms with Gasteiger partial charge >= 0.3 is 0 Å². The van der Waals surface area contributed by atoms with Gasteiger partial charge in [0.2, 0.25) is 5.91 Å². The normalized spacial score (nSPS) is 10.8. The molecule has 0 unspecified atom stereocenters. The predicted molar refractivity (Wildman–Crippen MR) is 86.0 cm³/mol. The summed E-state index contributed by atoms with van der Waals surface area (Å²) < 4.78 is 0. The summed E-state index contributed by atoms with van der Waals surface area (Å²) in [6.07, 6.45) is 6.17. The van der Waals surface area contributed by atoms with Crippen molar-refractivity contribution in [2.24, 2.45) is 0 Å². The first-order valence-corrected chi connectivity index (χ1v) is 7.54. The van der Waals surface area contributed by atoms with Gasteiger partial charge in [-0.3, -0.25) is 15.0 Å². The molecule has 0 aliphatic carbocycles. The van der Waals surface area contributed by atoms with Gasteiger partial charge in [-0.05, 0) is 42.2 Å². The van der Waals surface area contributed by atoms with E-state index in [1.807, 2.05) is 30.5 Å². The van der Waals surface area contributed by atoms with Gasteiger partial charge in [0.25, 0.3) is 0 Å². The number of carbonyl (C=O) groups excluding carboxylic acids is 1. The molecule has 0 bridgehead atoms. The third-order valence-corrected chi connectivity index (χ3v) is 3.73. The number of hydrogen-bond acceptors (Lipinski definition) is 4. The molecule has 6 nitrogen and oxygen atoms in total. The zero-order valence-electron chi connectivity index (χ0n) is 12.6. The minimum atomic E-state index is -0.383. The number of hydrogen-bond donors (Lipinski definition) is 3. The number of hydroxylamine groups is 1. The predicted octanol–water partition coefficient (Wildman–Crippen LogP) is 2.18. The molecule has 2 aromatic heterocycles. The van der Waals surface area contributed by atoms with Crippen LogP contribution >= 0.6 is 0 Å². The summed E-state index contributed by atoms with van der Waals surface area (Å²) in [6, 6.07) is 9.90. The Bertz CT molecular complexity index is 799. The summed E-state index contributed by atoms with van der Waals surface area (Å²) in [5.74, 6) is 0.556. The molecule has 1 aromatic carbocycles. The monoisotopic (exact) mass is 310 g/mol. The highest BCUT2D eigenvalue weighted by atomic mass is 16.5. The first kappa shape index (κ1) is 15.2. The summed E-state index contributed by atoms with van der Waals surface area (Å²) in [6.45, 7) is 0. The van der Waals surface area contributed by atoms with E-state index in [1.54, 1.807) is 11.7 Å². The summed E-state index contributed by atoms with van der Waals surface area (Å²) in [4.78, 5) is 23.1. The van der Waals surface area contributed by atoms with Crippen molar-refractivity contribution in [3.63, 3.8) is 0 Å². The Hall–Kier alpha value is -2.73. The van der Waals surface area contributed by atoms with Gasteiger partial charge in [0.15, 0.2) is 0 Å². The highest BCUT2D eigenvalue weighted by molar-refractivity contribution is 5.77. The molecule has 0 atom stereocenters. The van der Waals surface area contributed by atoms with E-state index in [2.05, 4.69) is 21.0 Å². The first-order valence-electron chi connectivity index (χ1n) is 7.54. The van der Waals surface area contributed by atoms with Crippen LogP contribution in [-0.4, -0.2) is 26.1 Å². The summed E-state index contributed by atoms with van der Waals surface area (Å²) in [5.41, 5.74) is 5.74. The standard InChI is InChI=1S/C17H18N4O2/c22-17(21-23)8-5-12-3-6-14-15(10-12)20-16(19-14)7-4-13-2-1-9-18-11-13/h1-3,6,9-11,23H,4-5,7-8H2,(H,19,20)(H,21,22). The fourth-order valence-electron chi connectivity index (χ4n) is 2.51. The van der Waals surface area contributed by atoms with E-state index in [-0.39, 0.29) is 12.3 Å². The van der Waals surface area contributed by atoms with Crippen LogP contribution in [0.15, 0.2) is 42.7 Å². The van der Waals surface area contributed by atoms with Crippen LogP contribution in [0.3, 0.4) is 0 Å². The fourth-order valence-corrected chi connectivity index (χ4v) is 2.51. The molecule has 0 radical (unpaired) electrons. The largest absolute Gasteiger partial charge is 0.342 e. The number of fused-ring (bicyclic) bond motifs is 1. The maximum Gasteiger partial charge on any atom is 0.243 e. The number of rotatable bonds is 6. The Morgan fingerprint density at radius 3 is 2.87 bits per heavy atom. The van der Waals surface area contributed by atoms with Gasteiger partial charge in [-0.2, -0.15) is 0 Å². The van der Waals surface area contributed by atoms with E-state index in [0.717, 1.165) is 35.3 Å². The van der Waals surface area contributed by atoms with Gasteiger partial charge in [0, 0.05) is 25.2 Å². The molecule has 1 amide bonds. The van der Waals surface area contributed by atoms with Gasteiger partial charge in [-0.15, -0.1) is 0 Å². The number of aryl methyl sites for hydroxylation is 3. The molecule has 0 fully saturated rings. The number of nitrogens with zero attached hydrogens (tertiary/aromatic N) is 2. The SMILES string of the molecule is O=C(CCc1ccc2nc(CCc3cccnc3)[nH]c2c1)NO. The number of carbonyl (C=O) groups is 1. The van der Waals surface area contributed by atoms with Crippen molar-refractivity contribution in [1.82, 2.24) is 20.4 Å². The highest BCUT2D eigenvalue weighted by Crippen LogP contribution is 2.16. The quantitative estimate of drug-likeness (QED) is 0.481. The van der Waals surface area contributed by atoms with E-state index < -0.39 is 0 Å². The number of aromatic amines is 1. The van der Waals surface area contributed by atoms with Crippen LogP contribution in [0.1, 0.15) is 23.4 Å². The fraction of sp³-hybridized carbons (Fsp3) is 0.235. The third kappa shape index (κ3) is 3.92. The molecular weight excluding hydrogens is 292 g/mol. The van der Waals surface area contributed by atoms with Crippen LogP contribution in [0, 0.1) is 0 Å². The maximum absolute atomic E-state index is 11.1. The third-order valence-electron chi connectivity index (χ3n) is 3.73. The molecule has 0 saturated heterocycles. The molecule has 6 heteroatoms. The molecular formula is C17H18N4O2. The molecule has 0 aliphatic rings. The van der Waals surface area contributed by atoms with Crippen LogP contribution in [0.2, 0.25) is 0 Å². The van der Waals surface area contributed by atoms with Gasteiger partial charge in [0.1, 0.15) is 5.82 Å². The lowest BCUT2D eigenvalue weighted by Gasteiger charge is -2.00. The second-order valence-corrected chi connectivity index (χ2v) is 5.43. The van der Waals surface area contributed by atoms with Gasteiger partial charge in [-0.1, -0.05) is 12.1 Å². The second kappa shape index (κ2) is 7.02. The van der Waals surface area contributed by atoms with E-state index in [1.165, 1.54) is 5.56 Å². The zero-order chi connectivity index (χ0) is 16.1. The molecule has 3 N–H and O–H groups in total. The van der Waals surface area contributed by atoms with Crippen molar-refractivity contribution >= 4 is 16.9 Å². The molecule has 0 saturated carbocycles. The van der Waals surface area contributed by atoms with Crippen LogP contribution in [-0.2, 0) is 24.1 Å². The number of pyridine rings is 1. The van der Waals surface area contributed by atoms with E-state index in [0.29, 0.717) is 6.42 Å². The number of H-pyrrole nitrogens is 1. The molecule has 3 aromatic rings. The van der Waals surface area contributed by atoms with Crippen LogP contribution in [0.5, 0.6) is 0 Å². The number of imidazole rings is 1. The Morgan fingerprint density at radius 1 is 1.17 bits per heavy atom. The molecule has 2 heterocycles. The van der Waals surface area contributed by atoms with Crippen molar-refractivity contribution in [3.8, 4) is 0 Å². The lowest BCUT2D eigenvalue weighted by atomic mass is 10.1. The van der Waals surface area contributed by atoms with E-state index in [9.17, 15) is 4.79 Å². The lowest BCUT2D eigenvalue weighted by Crippen LogP contribution is -2.18. The average molecular weight is 310 g/mol. The molecule has 23 heavy (non-hydrogen) atoms. The van der Waals surface area contributed by atoms with Gasteiger partial charge < -0.3 is 4.98 Å². The zero-order valence-corrected chi connectivity index (χ0v) is 12.6. The minimum absolute atomic E-state index is 0.254. The Labute approximate surface area is 133 Å². The summed E-state index contributed by atoms with van der Waals surface area (Å²) in [5, 5.41) is 8.52. The Kier molecular flexibility index (Phi) is 4.63. The van der Waals surface area contributed by atoms with Crippen molar-refractivity contribution in [1.29, 1.82) is 0 Å². The summed E-state index contributed by atoms with van der Waals surface area (Å²) in [7, 11) is 0. The highest BCUT2D eigenvalue weighted by Gasteiger charge is 2.06. The van der Waals surface area contributed by atoms with Crippen molar-refractivity contribution in [2.45, 2.75) is 25.7 Å². The number of benzene rings is 1. The maximum atomic E-state index is 11.1. The number of aromatic nitrogens is 3. The van der Waals surface area contributed by atoms with Crippen LogP contribution < -0.4 is 5.48 Å². The Morgan fingerprint density at radius 2 is 2.09 bits per heavy atom. The lowest BCUT2D eigenvalue weighted by molar-refractivity contribution is -0.129. The first-order chi connectivity index (χ1) is 11.2. The number of nitrogens with one attached hydrogen (secondary N) is 2. The summed E-state index contributed by atoms with van der Waals surface area (Å²) >= 11 is 0. The van der Waals surface area contributed by atoms with Crippen molar-refractivity contribution < 1.29 is 10.0 Å². The van der Waals surface area contributed by atoms with Crippen molar-refractivity contribution in [2.75, 3.05) is 0 Å². The van der Waals surface area contributed by atoms with Crippen molar-refractivity contribution in [3.05, 3.63) is 59.7 Å². The molecule has 0 aliphatic heterocycles. The number of amides is 1. The van der Waals surface area contributed by atoms with Gasteiger partial charge in [0.05, 0.1) is 11.0 Å². The topological polar surface area (TPSA) is 90.9 Å². The Balaban J connectivity index is 1.68. The smallest absolute Gasteiger partial charge is 0.243 e. The van der Waals surface area contributed by atoms with Gasteiger partial charge in [-0.25, -0.2) is 10.5 Å². The molecule has 0 spiro atoms. The molecule has 3 rings (SSSR count). The van der Waals surface area contributed by atoms with E-state index >= 15 is 0 Å². The van der Waals surface area contributed by atoms with E-state index in [4.69, 9.17) is 5.21 Å². The average Bonchev–Trinajstić information content (AvgIpc) is 3.01. The minimum Gasteiger partial charge on any atom is -0.342 e. The second-order valence-electron chi connectivity index (χ2n) is 5.43.